The fourth-order valence-corrected chi connectivity index (χ4v) is 2.63. The topological polar surface area (TPSA) is 50.4 Å². The summed E-state index contributed by atoms with van der Waals surface area (Å²) in [4.78, 5) is 11.8. The molecule has 1 saturated carbocycles. The molecule has 0 atom stereocenters. The molecule has 1 aliphatic rings. The molecule has 0 unspecified atom stereocenters. The van der Waals surface area contributed by atoms with Crippen LogP contribution in [0.4, 0.5) is 4.79 Å². The van der Waals surface area contributed by atoms with Crippen LogP contribution in [0, 0.1) is 5.92 Å². The molecule has 122 valence electrons. The van der Waals surface area contributed by atoms with Crippen molar-refractivity contribution < 1.29 is 9.53 Å². The van der Waals surface area contributed by atoms with E-state index in [2.05, 4.69) is 24.5 Å². The molecule has 2 rings (SSSR count). The first-order chi connectivity index (χ1) is 10.5. The number of rotatable bonds is 8. The van der Waals surface area contributed by atoms with Crippen LogP contribution < -0.4 is 10.6 Å². The first kappa shape index (κ1) is 17.1. The summed E-state index contributed by atoms with van der Waals surface area (Å²) in [7, 11) is 0. The molecule has 0 radical (unpaired) electrons. The van der Waals surface area contributed by atoms with Gasteiger partial charge in [0.25, 0.3) is 0 Å². The lowest BCUT2D eigenvalue weighted by atomic mass is 9.84. The molecule has 1 aliphatic carbocycles. The Morgan fingerprint density at radius 3 is 2.73 bits per heavy atom. The van der Waals surface area contributed by atoms with Gasteiger partial charge in [-0.2, -0.15) is 0 Å². The highest BCUT2D eigenvalue weighted by atomic mass is 35.5. The van der Waals surface area contributed by atoms with Crippen LogP contribution in [-0.4, -0.2) is 32.3 Å². The van der Waals surface area contributed by atoms with Gasteiger partial charge in [0.1, 0.15) is 0 Å². The van der Waals surface area contributed by atoms with Gasteiger partial charge in [-0.15, -0.1) is 0 Å². The van der Waals surface area contributed by atoms with Crippen LogP contribution in [0.5, 0.6) is 0 Å². The number of amides is 2. The van der Waals surface area contributed by atoms with Crippen LogP contribution in [0.25, 0.3) is 0 Å². The lowest BCUT2D eigenvalue weighted by molar-refractivity contribution is 0.127. The minimum absolute atomic E-state index is 0.171. The molecule has 2 N–H and O–H groups in total. The lowest BCUT2D eigenvalue weighted by Gasteiger charge is -2.26. The second-order valence-electron chi connectivity index (χ2n) is 6.49. The van der Waals surface area contributed by atoms with E-state index in [1.165, 1.54) is 12.8 Å². The number of nitrogens with one attached hydrogen (secondary N) is 2. The van der Waals surface area contributed by atoms with Gasteiger partial charge in [-0.25, -0.2) is 4.79 Å². The molecule has 1 fully saturated rings. The van der Waals surface area contributed by atoms with Crippen molar-refractivity contribution in [3.05, 3.63) is 34.9 Å². The van der Waals surface area contributed by atoms with Crippen LogP contribution >= 0.6 is 11.6 Å². The molecular formula is C17H25ClN2O2. The maximum atomic E-state index is 11.8. The summed E-state index contributed by atoms with van der Waals surface area (Å²) in [5.74, 6) is 0.755. The molecule has 22 heavy (non-hydrogen) atoms. The first-order valence-corrected chi connectivity index (χ1v) is 8.21. The lowest BCUT2D eigenvalue weighted by Crippen LogP contribution is -2.43. The molecule has 0 heterocycles. The summed E-state index contributed by atoms with van der Waals surface area (Å²) in [5.41, 5.74) is 0.808. The quantitative estimate of drug-likeness (QED) is 0.720. The van der Waals surface area contributed by atoms with Gasteiger partial charge in [0, 0.05) is 30.1 Å². The molecule has 1 aromatic carbocycles. The Morgan fingerprint density at radius 2 is 2.05 bits per heavy atom. The fraction of sp³-hybridized carbons (Fsp3) is 0.588. The van der Waals surface area contributed by atoms with E-state index in [1.54, 1.807) is 0 Å². The Bertz CT molecular complexity index is 501. The third-order valence-electron chi connectivity index (χ3n) is 3.88. The van der Waals surface area contributed by atoms with Crippen LogP contribution in [0.2, 0.25) is 5.02 Å². The standard InChI is InChI=1S/C17H25ClN2O2/c1-17(2,14-5-3-4-6-15(14)18)12-20-16(21)19-9-10-22-11-13-7-8-13/h3-6,13H,7-12H2,1-2H3,(H2,19,20,21). The number of halogens is 1. The second-order valence-corrected chi connectivity index (χ2v) is 6.90. The Morgan fingerprint density at radius 1 is 1.32 bits per heavy atom. The highest BCUT2D eigenvalue weighted by molar-refractivity contribution is 6.31. The molecule has 0 aromatic heterocycles. The van der Waals surface area contributed by atoms with Crippen molar-refractivity contribution in [1.82, 2.24) is 10.6 Å². The minimum Gasteiger partial charge on any atom is -0.379 e. The van der Waals surface area contributed by atoms with Crippen molar-refractivity contribution >= 4 is 17.6 Å². The molecule has 1 aromatic rings. The summed E-state index contributed by atoms with van der Waals surface area (Å²) in [5, 5.41) is 6.43. The molecule has 5 heteroatoms. The molecule has 0 bridgehead atoms. The third kappa shape index (κ3) is 5.50. The van der Waals surface area contributed by atoms with E-state index in [9.17, 15) is 4.79 Å². The van der Waals surface area contributed by atoms with Gasteiger partial charge in [0.2, 0.25) is 0 Å². The van der Waals surface area contributed by atoms with Gasteiger partial charge in [0.15, 0.2) is 0 Å². The maximum Gasteiger partial charge on any atom is 0.314 e. The molecule has 2 amide bonds. The van der Waals surface area contributed by atoms with E-state index < -0.39 is 0 Å². The Hall–Kier alpha value is -1.26. The van der Waals surface area contributed by atoms with Crippen molar-refractivity contribution in [1.29, 1.82) is 0 Å². The van der Waals surface area contributed by atoms with Crippen molar-refractivity contribution in [2.75, 3.05) is 26.3 Å². The molecular weight excluding hydrogens is 300 g/mol. The van der Waals surface area contributed by atoms with Crippen LogP contribution in [0.3, 0.4) is 0 Å². The minimum atomic E-state index is -0.224. The van der Waals surface area contributed by atoms with E-state index in [1.807, 2.05) is 24.3 Å². The normalized spacial score (nSPS) is 14.7. The fourth-order valence-electron chi connectivity index (χ4n) is 2.24. The largest absolute Gasteiger partial charge is 0.379 e. The number of hydrogen-bond donors (Lipinski definition) is 2. The Labute approximate surface area is 137 Å². The molecule has 0 aliphatic heterocycles. The van der Waals surface area contributed by atoms with E-state index in [0.717, 1.165) is 23.1 Å². The Kier molecular flexibility index (Phi) is 6.09. The van der Waals surface area contributed by atoms with Gasteiger partial charge in [-0.3, -0.25) is 0 Å². The molecule has 0 spiro atoms. The highest BCUT2D eigenvalue weighted by Crippen LogP contribution is 2.29. The van der Waals surface area contributed by atoms with Gasteiger partial charge >= 0.3 is 6.03 Å². The first-order valence-electron chi connectivity index (χ1n) is 7.83. The third-order valence-corrected chi connectivity index (χ3v) is 4.21. The van der Waals surface area contributed by atoms with Crippen LogP contribution in [-0.2, 0) is 10.2 Å². The summed E-state index contributed by atoms with van der Waals surface area (Å²) in [6.07, 6.45) is 2.57. The number of benzene rings is 1. The van der Waals surface area contributed by atoms with Gasteiger partial charge in [0.05, 0.1) is 6.61 Å². The van der Waals surface area contributed by atoms with Crippen molar-refractivity contribution in [2.45, 2.75) is 32.1 Å². The predicted molar refractivity (Wildman–Crippen MR) is 89.4 cm³/mol. The zero-order chi connectivity index (χ0) is 16.0. The van der Waals surface area contributed by atoms with Crippen molar-refractivity contribution in [3.8, 4) is 0 Å². The number of carbonyl (C=O) groups excluding carboxylic acids is 1. The summed E-state index contributed by atoms with van der Waals surface area (Å²) < 4.78 is 5.48. The molecule has 0 saturated heterocycles. The number of ether oxygens (including phenoxy) is 1. The SMILES string of the molecule is CC(C)(CNC(=O)NCCOCC1CC1)c1ccccc1Cl. The number of carbonyl (C=O) groups is 1. The van der Waals surface area contributed by atoms with Gasteiger partial charge < -0.3 is 15.4 Å². The van der Waals surface area contributed by atoms with Gasteiger partial charge in [-0.1, -0.05) is 43.6 Å². The zero-order valence-electron chi connectivity index (χ0n) is 13.3. The average molecular weight is 325 g/mol. The number of hydrogen-bond acceptors (Lipinski definition) is 2. The van der Waals surface area contributed by atoms with E-state index >= 15 is 0 Å². The summed E-state index contributed by atoms with van der Waals surface area (Å²) in [6, 6.07) is 7.56. The zero-order valence-corrected chi connectivity index (χ0v) is 14.1. The highest BCUT2D eigenvalue weighted by Gasteiger charge is 2.23. The summed E-state index contributed by atoms with van der Waals surface area (Å²) in [6.45, 7) is 6.57. The van der Waals surface area contributed by atoms with E-state index in [0.29, 0.717) is 19.7 Å². The van der Waals surface area contributed by atoms with Crippen molar-refractivity contribution in [2.24, 2.45) is 5.92 Å². The Balaban J connectivity index is 1.67. The number of urea groups is 1. The van der Waals surface area contributed by atoms with E-state index in [4.69, 9.17) is 16.3 Å². The molecule has 4 nitrogen and oxygen atoms in total. The predicted octanol–water partition coefficient (Wildman–Crippen LogP) is 3.34. The second kappa shape index (κ2) is 7.84. The van der Waals surface area contributed by atoms with E-state index in [-0.39, 0.29) is 11.4 Å². The van der Waals surface area contributed by atoms with Crippen molar-refractivity contribution in [3.63, 3.8) is 0 Å². The van der Waals surface area contributed by atoms with Gasteiger partial charge in [-0.05, 0) is 30.4 Å². The average Bonchev–Trinajstić information content (AvgIpc) is 3.29. The van der Waals surface area contributed by atoms with Crippen LogP contribution in [0.15, 0.2) is 24.3 Å². The maximum absolute atomic E-state index is 11.8. The smallest absolute Gasteiger partial charge is 0.314 e. The monoisotopic (exact) mass is 324 g/mol. The van der Waals surface area contributed by atoms with Crippen LogP contribution in [0.1, 0.15) is 32.3 Å². The summed E-state index contributed by atoms with van der Waals surface area (Å²) >= 11 is 6.23.